The summed E-state index contributed by atoms with van der Waals surface area (Å²) in [6.45, 7) is 4.24. The first-order valence-electron chi connectivity index (χ1n) is 9.72. The zero-order chi connectivity index (χ0) is 20.6. The Balaban J connectivity index is 1.60. The summed E-state index contributed by atoms with van der Waals surface area (Å²) < 4.78 is 11.0. The Labute approximate surface area is 171 Å². The average molecular weight is 390 g/mol. The average Bonchev–Trinajstić information content (AvgIpc) is 2.77. The number of nitrogens with one attached hydrogen (secondary N) is 1. The molecule has 0 aliphatic heterocycles. The second-order valence-electron chi connectivity index (χ2n) is 6.86. The number of amides is 1. The van der Waals surface area contributed by atoms with Gasteiger partial charge < -0.3 is 9.47 Å². The summed E-state index contributed by atoms with van der Waals surface area (Å²) >= 11 is 0. The van der Waals surface area contributed by atoms with Crippen LogP contribution in [0.1, 0.15) is 37.3 Å². The second kappa shape index (κ2) is 9.73. The molecule has 3 aromatic rings. The lowest BCUT2D eigenvalue weighted by atomic mass is 9.99. The van der Waals surface area contributed by atoms with E-state index in [-0.39, 0.29) is 12.5 Å². The van der Waals surface area contributed by atoms with Crippen molar-refractivity contribution in [3.63, 3.8) is 0 Å². The molecule has 3 aromatic carbocycles. The van der Waals surface area contributed by atoms with E-state index in [9.17, 15) is 4.79 Å². The number of ether oxygens (including phenoxy) is 2. The third-order valence-electron chi connectivity index (χ3n) is 4.96. The molecule has 5 heteroatoms. The van der Waals surface area contributed by atoms with Crippen molar-refractivity contribution in [1.82, 2.24) is 5.43 Å². The van der Waals surface area contributed by atoms with E-state index in [1.165, 1.54) is 5.56 Å². The number of carbonyl (C=O) groups is 1. The molecule has 150 valence electrons. The molecular weight excluding hydrogens is 364 g/mol. The maximum Gasteiger partial charge on any atom is 0.277 e. The smallest absolute Gasteiger partial charge is 0.277 e. The fourth-order valence-corrected chi connectivity index (χ4v) is 3.07. The first-order valence-corrected chi connectivity index (χ1v) is 9.72. The van der Waals surface area contributed by atoms with Crippen molar-refractivity contribution >= 4 is 22.9 Å². The van der Waals surface area contributed by atoms with Crippen LogP contribution in [0.4, 0.5) is 0 Å². The lowest BCUT2D eigenvalue weighted by molar-refractivity contribution is -0.123. The zero-order valence-electron chi connectivity index (χ0n) is 17.0. The zero-order valence-corrected chi connectivity index (χ0v) is 17.0. The molecule has 3 rings (SSSR count). The van der Waals surface area contributed by atoms with Crippen LogP contribution in [0, 0.1) is 0 Å². The fourth-order valence-electron chi connectivity index (χ4n) is 3.07. The standard InChI is InChI=1S/C24H26N2O3/c1-4-17(2)18-9-12-20(13-10-18)29-16-24(27)26-25-15-22-21-8-6-5-7-19(21)11-14-23(22)28-3/h5-15,17H,4,16H2,1-3H3,(H,26,27)/b25-15-/t17-/m1/s1. The van der Waals surface area contributed by atoms with Crippen LogP contribution in [-0.2, 0) is 4.79 Å². The number of hydrogen-bond acceptors (Lipinski definition) is 4. The third-order valence-corrected chi connectivity index (χ3v) is 4.96. The topological polar surface area (TPSA) is 59.9 Å². The molecule has 0 heterocycles. The number of benzene rings is 3. The Morgan fingerprint density at radius 2 is 1.86 bits per heavy atom. The minimum absolute atomic E-state index is 0.104. The van der Waals surface area contributed by atoms with Gasteiger partial charge in [-0.25, -0.2) is 5.43 Å². The highest BCUT2D eigenvalue weighted by Crippen LogP contribution is 2.26. The maximum absolute atomic E-state index is 12.1. The van der Waals surface area contributed by atoms with Crippen molar-refractivity contribution in [3.05, 3.63) is 71.8 Å². The monoisotopic (exact) mass is 390 g/mol. The minimum atomic E-state index is -0.327. The molecule has 0 bridgehead atoms. The number of nitrogens with zero attached hydrogens (tertiary/aromatic N) is 1. The van der Waals surface area contributed by atoms with Gasteiger partial charge in [0, 0.05) is 5.56 Å². The summed E-state index contributed by atoms with van der Waals surface area (Å²) in [5.41, 5.74) is 4.58. The van der Waals surface area contributed by atoms with E-state index in [0.717, 1.165) is 22.8 Å². The van der Waals surface area contributed by atoms with E-state index < -0.39 is 0 Å². The summed E-state index contributed by atoms with van der Waals surface area (Å²) in [5, 5.41) is 6.15. The van der Waals surface area contributed by atoms with Crippen LogP contribution in [0.15, 0.2) is 65.8 Å². The lowest BCUT2D eigenvalue weighted by Gasteiger charge is -2.10. The van der Waals surface area contributed by atoms with E-state index in [4.69, 9.17) is 9.47 Å². The van der Waals surface area contributed by atoms with Gasteiger partial charge in [-0.2, -0.15) is 5.10 Å². The molecule has 0 unspecified atom stereocenters. The molecule has 0 radical (unpaired) electrons. The Hall–Kier alpha value is -3.34. The van der Waals surface area contributed by atoms with Gasteiger partial charge in [-0.3, -0.25) is 4.79 Å². The van der Waals surface area contributed by atoms with Gasteiger partial charge in [0.1, 0.15) is 11.5 Å². The summed E-state index contributed by atoms with van der Waals surface area (Å²) in [6, 6.07) is 19.7. The number of methoxy groups -OCH3 is 1. The highest BCUT2D eigenvalue weighted by Gasteiger charge is 2.07. The van der Waals surface area contributed by atoms with Crippen LogP contribution in [0.3, 0.4) is 0 Å². The number of hydrogen-bond donors (Lipinski definition) is 1. The van der Waals surface area contributed by atoms with E-state index in [2.05, 4.69) is 24.4 Å². The predicted molar refractivity (Wildman–Crippen MR) is 117 cm³/mol. The number of fused-ring (bicyclic) bond motifs is 1. The van der Waals surface area contributed by atoms with Gasteiger partial charge in [0.25, 0.3) is 5.91 Å². The molecule has 0 spiro atoms. The Kier molecular flexibility index (Phi) is 6.85. The van der Waals surface area contributed by atoms with Crippen LogP contribution in [0.5, 0.6) is 11.5 Å². The normalized spacial score (nSPS) is 12.1. The summed E-state index contributed by atoms with van der Waals surface area (Å²) in [4.78, 5) is 12.1. The van der Waals surface area contributed by atoms with Crippen LogP contribution in [0.25, 0.3) is 10.8 Å². The van der Waals surface area contributed by atoms with Crippen LogP contribution < -0.4 is 14.9 Å². The van der Waals surface area contributed by atoms with Crippen molar-refractivity contribution in [2.45, 2.75) is 26.2 Å². The number of rotatable bonds is 8. The number of carbonyl (C=O) groups excluding carboxylic acids is 1. The Morgan fingerprint density at radius 1 is 1.10 bits per heavy atom. The van der Waals surface area contributed by atoms with E-state index in [1.807, 2.05) is 60.7 Å². The summed E-state index contributed by atoms with van der Waals surface area (Å²) in [6.07, 6.45) is 2.68. The van der Waals surface area contributed by atoms with Gasteiger partial charge in [0.15, 0.2) is 6.61 Å². The van der Waals surface area contributed by atoms with Crippen LogP contribution in [-0.4, -0.2) is 25.8 Å². The largest absolute Gasteiger partial charge is 0.496 e. The van der Waals surface area contributed by atoms with Gasteiger partial charge in [0.2, 0.25) is 0 Å². The Morgan fingerprint density at radius 3 is 2.59 bits per heavy atom. The predicted octanol–water partition coefficient (Wildman–Crippen LogP) is 4.89. The SMILES string of the molecule is CC[C@@H](C)c1ccc(OCC(=O)N/N=C\c2c(OC)ccc3ccccc23)cc1. The van der Waals surface area contributed by atoms with Gasteiger partial charge in [-0.15, -0.1) is 0 Å². The van der Waals surface area contributed by atoms with Crippen molar-refractivity contribution in [2.24, 2.45) is 5.10 Å². The van der Waals surface area contributed by atoms with Gasteiger partial charge in [-0.1, -0.05) is 56.3 Å². The van der Waals surface area contributed by atoms with Crippen LogP contribution in [0.2, 0.25) is 0 Å². The molecule has 0 aliphatic carbocycles. The van der Waals surface area contributed by atoms with E-state index >= 15 is 0 Å². The van der Waals surface area contributed by atoms with Gasteiger partial charge >= 0.3 is 0 Å². The first-order chi connectivity index (χ1) is 14.1. The van der Waals surface area contributed by atoms with Crippen molar-refractivity contribution in [2.75, 3.05) is 13.7 Å². The van der Waals surface area contributed by atoms with Crippen molar-refractivity contribution in [1.29, 1.82) is 0 Å². The maximum atomic E-state index is 12.1. The molecular formula is C24H26N2O3. The molecule has 1 N–H and O–H groups in total. The quantitative estimate of drug-likeness (QED) is 0.440. The molecule has 1 amide bonds. The lowest BCUT2D eigenvalue weighted by Crippen LogP contribution is -2.24. The molecule has 0 aromatic heterocycles. The van der Waals surface area contributed by atoms with Crippen molar-refractivity contribution < 1.29 is 14.3 Å². The molecule has 0 fully saturated rings. The summed E-state index contributed by atoms with van der Waals surface area (Å²) in [5.74, 6) is 1.53. The van der Waals surface area contributed by atoms with E-state index in [0.29, 0.717) is 17.4 Å². The first kappa shape index (κ1) is 20.4. The minimum Gasteiger partial charge on any atom is -0.496 e. The third kappa shape index (κ3) is 5.13. The molecule has 29 heavy (non-hydrogen) atoms. The molecule has 5 nitrogen and oxygen atoms in total. The molecule has 0 saturated carbocycles. The van der Waals surface area contributed by atoms with Crippen LogP contribution >= 0.6 is 0 Å². The number of hydrazone groups is 1. The van der Waals surface area contributed by atoms with Gasteiger partial charge in [0.05, 0.1) is 13.3 Å². The molecule has 0 aliphatic rings. The molecule has 0 saturated heterocycles. The fraction of sp³-hybridized carbons (Fsp3) is 0.250. The summed E-state index contributed by atoms with van der Waals surface area (Å²) in [7, 11) is 1.61. The molecule has 1 atom stereocenters. The van der Waals surface area contributed by atoms with Gasteiger partial charge in [-0.05, 0) is 46.9 Å². The highest BCUT2D eigenvalue weighted by molar-refractivity contribution is 6.02. The second-order valence-corrected chi connectivity index (χ2v) is 6.86. The van der Waals surface area contributed by atoms with E-state index in [1.54, 1.807) is 13.3 Å². The Bertz CT molecular complexity index is 997. The van der Waals surface area contributed by atoms with Crippen molar-refractivity contribution in [3.8, 4) is 11.5 Å². The highest BCUT2D eigenvalue weighted by atomic mass is 16.5.